The minimum atomic E-state index is -1.23. The van der Waals surface area contributed by atoms with E-state index in [0.717, 1.165) is 18.8 Å². The van der Waals surface area contributed by atoms with Crippen molar-refractivity contribution >= 4 is 23.1 Å². The molecule has 4 nitrogen and oxygen atoms in total. The Morgan fingerprint density at radius 2 is 1.65 bits per heavy atom. The van der Waals surface area contributed by atoms with Crippen LogP contribution in [0, 0.1) is 5.82 Å². The molecule has 1 fully saturated rings. The van der Waals surface area contributed by atoms with Gasteiger partial charge in [-0.2, -0.15) is 0 Å². The topological polar surface area (TPSA) is 32.3 Å². The number of anilines is 2. The van der Waals surface area contributed by atoms with Gasteiger partial charge in [0.1, 0.15) is 23.3 Å². The molecule has 0 bridgehead atoms. The van der Waals surface area contributed by atoms with Crippen LogP contribution in [0.3, 0.4) is 0 Å². The van der Waals surface area contributed by atoms with Gasteiger partial charge in [-0.1, -0.05) is 11.6 Å². The number of nitrogens with zero attached hydrogens (tertiary/aromatic N) is 4. The quantitative estimate of drug-likeness (QED) is 0.855. The highest BCUT2D eigenvalue weighted by atomic mass is 35.5. The number of rotatable bonds is 3. The number of benzene rings is 1. The van der Waals surface area contributed by atoms with Crippen LogP contribution in [-0.2, 0) is 0 Å². The fourth-order valence-corrected chi connectivity index (χ4v) is 3.07. The molecule has 2 heterocycles. The van der Waals surface area contributed by atoms with Crippen molar-refractivity contribution in [2.75, 3.05) is 36.0 Å². The third-order valence-corrected chi connectivity index (χ3v) is 4.31. The molecule has 0 radical (unpaired) electrons. The average Bonchev–Trinajstić information content (AvgIpc) is 2.56. The molecule has 1 aromatic heterocycles. The first-order chi connectivity index (χ1) is 11.1. The van der Waals surface area contributed by atoms with Gasteiger partial charge in [0.15, 0.2) is 5.82 Å². The zero-order valence-corrected chi connectivity index (χ0v) is 13.5. The normalized spacial score (nSPS) is 16.5. The maximum atomic E-state index is 13.5. The van der Waals surface area contributed by atoms with Crippen molar-refractivity contribution in [3.8, 4) is 0 Å². The summed E-state index contributed by atoms with van der Waals surface area (Å²) < 4.78 is 26.5. The maximum absolute atomic E-state index is 13.5. The van der Waals surface area contributed by atoms with Crippen molar-refractivity contribution in [2.24, 2.45) is 0 Å². The molecular formula is C16H17ClF2N4. The SMILES string of the molecule is CC(F)c1ncnc(N2CCN(c3ccc(F)cc3)CC2)c1Cl. The van der Waals surface area contributed by atoms with Crippen molar-refractivity contribution in [1.29, 1.82) is 0 Å². The Morgan fingerprint density at radius 1 is 1.04 bits per heavy atom. The largest absolute Gasteiger partial charge is 0.368 e. The Kier molecular flexibility index (Phi) is 4.61. The molecule has 0 aliphatic carbocycles. The molecule has 1 saturated heterocycles. The standard InChI is InChI=1S/C16H17ClF2N4/c1-11(18)15-14(17)16(21-10-20-15)23-8-6-22(7-9-23)13-4-2-12(19)3-5-13/h2-5,10-11H,6-9H2,1H3. The fourth-order valence-electron chi connectivity index (χ4n) is 2.70. The second-order valence-electron chi connectivity index (χ2n) is 5.46. The number of aromatic nitrogens is 2. The summed E-state index contributed by atoms with van der Waals surface area (Å²) in [7, 11) is 0. The third-order valence-electron chi connectivity index (χ3n) is 3.95. The predicted octanol–water partition coefficient (Wildman–Crippen LogP) is 3.63. The summed E-state index contributed by atoms with van der Waals surface area (Å²) in [4.78, 5) is 12.3. The lowest BCUT2D eigenvalue weighted by molar-refractivity contribution is 0.365. The van der Waals surface area contributed by atoms with Gasteiger partial charge in [0.05, 0.1) is 5.69 Å². The average molecular weight is 339 g/mol. The van der Waals surface area contributed by atoms with Crippen LogP contribution < -0.4 is 9.80 Å². The summed E-state index contributed by atoms with van der Waals surface area (Å²) in [5.74, 6) is 0.327. The van der Waals surface area contributed by atoms with E-state index in [1.54, 1.807) is 12.1 Å². The molecule has 0 spiro atoms. The molecule has 3 rings (SSSR count). The van der Waals surface area contributed by atoms with E-state index in [2.05, 4.69) is 14.9 Å². The molecule has 0 amide bonds. The Bertz CT molecular complexity index is 670. The first-order valence-corrected chi connectivity index (χ1v) is 7.84. The van der Waals surface area contributed by atoms with Crippen molar-refractivity contribution in [2.45, 2.75) is 13.1 Å². The van der Waals surface area contributed by atoms with Crippen molar-refractivity contribution in [3.63, 3.8) is 0 Å². The van der Waals surface area contributed by atoms with Crippen LogP contribution >= 0.6 is 11.6 Å². The van der Waals surface area contributed by atoms with Crippen molar-refractivity contribution in [1.82, 2.24) is 9.97 Å². The van der Waals surface area contributed by atoms with Crippen LogP contribution in [0.1, 0.15) is 18.8 Å². The molecule has 2 aromatic rings. The first-order valence-electron chi connectivity index (χ1n) is 7.46. The molecule has 1 aliphatic rings. The zero-order chi connectivity index (χ0) is 16.4. The van der Waals surface area contributed by atoms with Gasteiger partial charge in [-0.15, -0.1) is 0 Å². The number of hydrogen-bond acceptors (Lipinski definition) is 4. The molecule has 23 heavy (non-hydrogen) atoms. The smallest absolute Gasteiger partial charge is 0.151 e. The van der Waals surface area contributed by atoms with E-state index in [-0.39, 0.29) is 16.5 Å². The molecule has 1 unspecified atom stereocenters. The van der Waals surface area contributed by atoms with Crippen LogP contribution in [-0.4, -0.2) is 36.1 Å². The highest BCUT2D eigenvalue weighted by Crippen LogP contribution is 2.31. The second kappa shape index (κ2) is 6.66. The maximum Gasteiger partial charge on any atom is 0.151 e. The number of halogens is 3. The summed E-state index contributed by atoms with van der Waals surface area (Å²) in [5, 5.41) is 0.276. The van der Waals surface area contributed by atoms with E-state index >= 15 is 0 Å². The molecule has 0 N–H and O–H groups in total. The molecule has 1 aromatic carbocycles. The highest BCUT2D eigenvalue weighted by molar-refractivity contribution is 6.33. The molecule has 1 atom stereocenters. The summed E-state index contributed by atoms with van der Waals surface area (Å²) in [6.07, 6.45) is 0.114. The van der Waals surface area contributed by atoms with Gasteiger partial charge in [-0.3, -0.25) is 0 Å². The number of piperazine rings is 1. The van der Waals surface area contributed by atoms with Gasteiger partial charge in [-0.25, -0.2) is 18.7 Å². The lowest BCUT2D eigenvalue weighted by Crippen LogP contribution is -2.47. The first kappa shape index (κ1) is 15.9. The minimum Gasteiger partial charge on any atom is -0.368 e. The molecular weight excluding hydrogens is 322 g/mol. The fraction of sp³-hybridized carbons (Fsp3) is 0.375. The summed E-state index contributed by atoms with van der Waals surface area (Å²) in [5.41, 5.74) is 1.20. The summed E-state index contributed by atoms with van der Waals surface area (Å²) in [6.45, 7) is 4.33. The van der Waals surface area contributed by atoms with E-state index < -0.39 is 6.17 Å². The molecule has 7 heteroatoms. The summed E-state index contributed by atoms with van der Waals surface area (Å²) >= 11 is 6.25. The Labute approximate surface area is 138 Å². The van der Waals surface area contributed by atoms with Crippen LogP contribution in [0.15, 0.2) is 30.6 Å². The second-order valence-corrected chi connectivity index (χ2v) is 5.84. The molecule has 1 aliphatic heterocycles. The van der Waals surface area contributed by atoms with Crippen LogP contribution in [0.5, 0.6) is 0 Å². The van der Waals surface area contributed by atoms with Gasteiger partial charge in [-0.05, 0) is 31.2 Å². The predicted molar refractivity (Wildman–Crippen MR) is 87.4 cm³/mol. The van der Waals surface area contributed by atoms with Crippen LogP contribution in [0.25, 0.3) is 0 Å². The van der Waals surface area contributed by atoms with Crippen LogP contribution in [0.4, 0.5) is 20.3 Å². The summed E-state index contributed by atoms with van der Waals surface area (Å²) in [6, 6.07) is 6.45. The van der Waals surface area contributed by atoms with E-state index in [1.807, 2.05) is 4.90 Å². The third kappa shape index (κ3) is 3.37. The van der Waals surface area contributed by atoms with Gasteiger partial charge < -0.3 is 9.80 Å². The minimum absolute atomic E-state index is 0.220. The van der Waals surface area contributed by atoms with Crippen molar-refractivity contribution in [3.05, 3.63) is 47.1 Å². The van der Waals surface area contributed by atoms with E-state index in [1.165, 1.54) is 25.4 Å². The van der Waals surface area contributed by atoms with Crippen molar-refractivity contribution < 1.29 is 8.78 Å². The number of alkyl halides is 1. The molecule has 122 valence electrons. The Balaban J connectivity index is 1.72. The van der Waals surface area contributed by atoms with Gasteiger partial charge in [0, 0.05) is 31.9 Å². The lowest BCUT2D eigenvalue weighted by atomic mass is 10.2. The lowest BCUT2D eigenvalue weighted by Gasteiger charge is -2.37. The molecule has 0 saturated carbocycles. The van der Waals surface area contributed by atoms with Gasteiger partial charge >= 0.3 is 0 Å². The van der Waals surface area contributed by atoms with Crippen LogP contribution in [0.2, 0.25) is 5.02 Å². The van der Waals surface area contributed by atoms with Gasteiger partial charge in [0.2, 0.25) is 0 Å². The van der Waals surface area contributed by atoms with Gasteiger partial charge in [0.25, 0.3) is 0 Å². The van der Waals surface area contributed by atoms with E-state index in [0.29, 0.717) is 18.9 Å². The Hall–Kier alpha value is -1.95. The Morgan fingerprint density at radius 3 is 2.26 bits per heavy atom. The van der Waals surface area contributed by atoms with E-state index in [4.69, 9.17) is 11.6 Å². The van der Waals surface area contributed by atoms with E-state index in [9.17, 15) is 8.78 Å². The highest BCUT2D eigenvalue weighted by Gasteiger charge is 2.23. The monoisotopic (exact) mass is 338 g/mol. The zero-order valence-electron chi connectivity index (χ0n) is 12.7. The number of hydrogen-bond donors (Lipinski definition) is 0.